The lowest BCUT2D eigenvalue weighted by Gasteiger charge is -2.30. The predicted octanol–water partition coefficient (Wildman–Crippen LogP) is 0.809. The lowest BCUT2D eigenvalue weighted by atomic mass is 9.95. The highest BCUT2D eigenvalue weighted by molar-refractivity contribution is 4.93. The maximum absolute atomic E-state index is 10.4. The van der Waals surface area contributed by atoms with Gasteiger partial charge in [-0.25, -0.2) is 0 Å². The highest BCUT2D eigenvalue weighted by atomic mass is 16.5. The number of nitrogens with one attached hydrogen (secondary N) is 1. The van der Waals surface area contributed by atoms with Crippen molar-refractivity contribution in [3.63, 3.8) is 0 Å². The molecule has 0 radical (unpaired) electrons. The van der Waals surface area contributed by atoms with Crippen molar-refractivity contribution in [1.29, 1.82) is 0 Å². The van der Waals surface area contributed by atoms with E-state index in [2.05, 4.69) is 5.32 Å². The highest BCUT2D eigenvalue weighted by Gasteiger charge is 2.40. The van der Waals surface area contributed by atoms with Gasteiger partial charge in [-0.15, -0.1) is 0 Å². The summed E-state index contributed by atoms with van der Waals surface area (Å²) in [6.07, 6.45) is 5.68. The van der Waals surface area contributed by atoms with Crippen LogP contribution in [-0.4, -0.2) is 47.2 Å². The summed E-state index contributed by atoms with van der Waals surface area (Å²) in [6.45, 7) is 3.07. The number of ether oxygens (including phenoxy) is 1. The summed E-state index contributed by atoms with van der Waals surface area (Å²) in [7, 11) is 0. The van der Waals surface area contributed by atoms with Gasteiger partial charge in [-0.1, -0.05) is 19.3 Å². The Morgan fingerprint density at radius 3 is 2.76 bits per heavy atom. The third-order valence-corrected chi connectivity index (χ3v) is 4.31. The van der Waals surface area contributed by atoms with Crippen molar-refractivity contribution in [3.05, 3.63) is 0 Å². The van der Waals surface area contributed by atoms with Crippen LogP contribution < -0.4 is 5.32 Å². The molecule has 0 aromatic carbocycles. The molecule has 0 amide bonds. The third kappa shape index (κ3) is 3.19. The molecular weight excluding hydrogens is 218 g/mol. The summed E-state index contributed by atoms with van der Waals surface area (Å²) in [4.78, 5) is 0. The summed E-state index contributed by atoms with van der Waals surface area (Å²) < 4.78 is 5.41. The lowest BCUT2D eigenvalue weighted by molar-refractivity contribution is -0.0309. The topological polar surface area (TPSA) is 61.7 Å². The smallest absolute Gasteiger partial charge is 0.105 e. The largest absolute Gasteiger partial charge is 0.392 e. The molecule has 3 N–H and O–H groups in total. The van der Waals surface area contributed by atoms with E-state index in [1.807, 2.05) is 6.92 Å². The molecule has 100 valence electrons. The van der Waals surface area contributed by atoms with Crippen LogP contribution in [0.2, 0.25) is 0 Å². The summed E-state index contributed by atoms with van der Waals surface area (Å²) in [5.74, 6) is 0. The van der Waals surface area contributed by atoms with Crippen molar-refractivity contribution < 1.29 is 14.9 Å². The molecule has 4 heteroatoms. The van der Waals surface area contributed by atoms with E-state index in [1.165, 1.54) is 12.8 Å². The third-order valence-electron chi connectivity index (χ3n) is 4.31. The SMILES string of the molecule is CC1OCCC1(O)CNC1CCCCCC1O. The molecule has 0 aromatic heterocycles. The van der Waals surface area contributed by atoms with Crippen LogP contribution in [0.3, 0.4) is 0 Å². The van der Waals surface area contributed by atoms with Crippen molar-refractivity contribution in [2.75, 3.05) is 13.2 Å². The van der Waals surface area contributed by atoms with E-state index in [4.69, 9.17) is 4.74 Å². The number of rotatable bonds is 3. The average molecular weight is 243 g/mol. The Hall–Kier alpha value is -0.160. The summed E-state index contributed by atoms with van der Waals surface area (Å²) in [5.41, 5.74) is -0.758. The van der Waals surface area contributed by atoms with Gasteiger partial charge in [0.2, 0.25) is 0 Å². The van der Waals surface area contributed by atoms with Crippen LogP contribution in [0.1, 0.15) is 45.4 Å². The predicted molar refractivity (Wildman–Crippen MR) is 65.9 cm³/mol. The van der Waals surface area contributed by atoms with E-state index < -0.39 is 5.60 Å². The van der Waals surface area contributed by atoms with Crippen molar-refractivity contribution in [1.82, 2.24) is 5.32 Å². The van der Waals surface area contributed by atoms with Crippen LogP contribution >= 0.6 is 0 Å². The van der Waals surface area contributed by atoms with Crippen molar-refractivity contribution in [3.8, 4) is 0 Å². The molecule has 2 rings (SSSR count). The van der Waals surface area contributed by atoms with Crippen LogP contribution in [0.25, 0.3) is 0 Å². The average Bonchev–Trinajstić information content (AvgIpc) is 2.51. The fraction of sp³-hybridized carbons (Fsp3) is 1.00. The molecule has 1 saturated heterocycles. The van der Waals surface area contributed by atoms with Crippen LogP contribution in [-0.2, 0) is 4.74 Å². The second kappa shape index (κ2) is 5.65. The molecule has 1 aliphatic carbocycles. The molecular formula is C13H25NO3. The second-order valence-corrected chi connectivity index (χ2v) is 5.56. The Morgan fingerprint density at radius 2 is 2.06 bits per heavy atom. The number of aliphatic hydroxyl groups is 2. The Kier molecular flexibility index (Phi) is 4.42. The van der Waals surface area contributed by atoms with Gasteiger partial charge >= 0.3 is 0 Å². The molecule has 4 unspecified atom stereocenters. The van der Waals surface area contributed by atoms with Gasteiger partial charge in [0.05, 0.1) is 12.2 Å². The van der Waals surface area contributed by atoms with E-state index in [9.17, 15) is 10.2 Å². The Bertz CT molecular complexity index is 249. The van der Waals surface area contributed by atoms with Gasteiger partial charge in [0.1, 0.15) is 5.60 Å². The second-order valence-electron chi connectivity index (χ2n) is 5.56. The van der Waals surface area contributed by atoms with E-state index >= 15 is 0 Å². The maximum Gasteiger partial charge on any atom is 0.105 e. The molecule has 0 bridgehead atoms. The minimum absolute atomic E-state index is 0.113. The first kappa shape index (κ1) is 13.3. The lowest BCUT2D eigenvalue weighted by Crippen LogP contribution is -2.51. The van der Waals surface area contributed by atoms with Gasteiger partial charge in [-0.3, -0.25) is 0 Å². The first-order chi connectivity index (χ1) is 8.12. The van der Waals surface area contributed by atoms with Gasteiger partial charge in [0.15, 0.2) is 0 Å². The van der Waals surface area contributed by atoms with Crippen molar-refractivity contribution in [2.24, 2.45) is 0 Å². The molecule has 4 atom stereocenters. The number of aliphatic hydroxyl groups excluding tert-OH is 1. The van der Waals surface area contributed by atoms with Crippen LogP contribution in [0, 0.1) is 0 Å². The van der Waals surface area contributed by atoms with Gasteiger partial charge < -0.3 is 20.3 Å². The van der Waals surface area contributed by atoms with E-state index in [0.717, 1.165) is 19.3 Å². The van der Waals surface area contributed by atoms with E-state index in [0.29, 0.717) is 19.6 Å². The first-order valence-corrected chi connectivity index (χ1v) is 6.87. The van der Waals surface area contributed by atoms with E-state index in [1.54, 1.807) is 0 Å². The van der Waals surface area contributed by atoms with Crippen LogP contribution in [0.5, 0.6) is 0 Å². The molecule has 1 saturated carbocycles. The highest BCUT2D eigenvalue weighted by Crippen LogP contribution is 2.26. The van der Waals surface area contributed by atoms with Gasteiger partial charge in [-0.05, 0) is 19.8 Å². The van der Waals surface area contributed by atoms with Crippen molar-refractivity contribution >= 4 is 0 Å². The van der Waals surface area contributed by atoms with Crippen LogP contribution in [0.15, 0.2) is 0 Å². The standard InChI is InChI=1S/C13H25NO3/c1-10-13(16,7-8-17-10)9-14-11-5-3-2-4-6-12(11)15/h10-12,14-16H,2-9H2,1H3. The normalized spacial score (nSPS) is 43.6. The molecule has 2 aliphatic rings. The summed E-state index contributed by atoms with van der Waals surface area (Å²) in [6, 6.07) is 0.134. The summed E-state index contributed by atoms with van der Waals surface area (Å²) >= 11 is 0. The molecule has 1 heterocycles. The molecule has 17 heavy (non-hydrogen) atoms. The van der Waals surface area contributed by atoms with Crippen molar-refractivity contribution in [2.45, 2.75) is 69.3 Å². The van der Waals surface area contributed by atoms with Gasteiger partial charge in [0.25, 0.3) is 0 Å². The molecule has 4 nitrogen and oxygen atoms in total. The number of hydrogen-bond donors (Lipinski definition) is 3. The minimum Gasteiger partial charge on any atom is -0.392 e. The Morgan fingerprint density at radius 1 is 1.29 bits per heavy atom. The monoisotopic (exact) mass is 243 g/mol. The zero-order chi connectivity index (χ0) is 12.3. The molecule has 2 fully saturated rings. The Balaban J connectivity index is 1.83. The first-order valence-electron chi connectivity index (χ1n) is 6.87. The number of hydrogen-bond acceptors (Lipinski definition) is 4. The van der Waals surface area contributed by atoms with E-state index in [-0.39, 0.29) is 18.2 Å². The zero-order valence-corrected chi connectivity index (χ0v) is 10.7. The molecule has 0 spiro atoms. The fourth-order valence-corrected chi connectivity index (χ4v) is 2.84. The fourth-order valence-electron chi connectivity index (χ4n) is 2.84. The summed E-state index contributed by atoms with van der Waals surface area (Å²) in [5, 5.41) is 23.7. The quantitative estimate of drug-likeness (QED) is 0.642. The maximum atomic E-state index is 10.4. The minimum atomic E-state index is -0.758. The zero-order valence-electron chi connectivity index (χ0n) is 10.7. The van der Waals surface area contributed by atoms with Crippen LogP contribution in [0.4, 0.5) is 0 Å². The molecule has 1 aliphatic heterocycles. The van der Waals surface area contributed by atoms with Gasteiger partial charge in [-0.2, -0.15) is 0 Å². The van der Waals surface area contributed by atoms with Gasteiger partial charge in [0, 0.05) is 25.6 Å². The Labute approximate surface area is 103 Å². The molecule has 0 aromatic rings.